The summed E-state index contributed by atoms with van der Waals surface area (Å²) in [7, 11) is 0. The molecule has 0 bridgehead atoms. The number of aryl methyl sites for hydroxylation is 1. The highest BCUT2D eigenvalue weighted by atomic mass is 35.5. The van der Waals surface area contributed by atoms with Gasteiger partial charge in [0.05, 0.1) is 10.7 Å². The van der Waals surface area contributed by atoms with Gasteiger partial charge in [-0.15, -0.1) is 0 Å². The van der Waals surface area contributed by atoms with Crippen LogP contribution in [-0.2, 0) is 21.5 Å². The number of carbonyl (C=O) groups is 3. The van der Waals surface area contributed by atoms with Gasteiger partial charge in [0.25, 0.3) is 5.91 Å². The zero-order valence-electron chi connectivity index (χ0n) is 16.6. The molecule has 0 radical (unpaired) electrons. The SMILES string of the molecule is O=C(CN1C(=O)NC2(CCCc3ccccc32)C1=O)Nc1cc2c(cc1Cl)OCCO2. The number of imide groups is 1. The van der Waals surface area contributed by atoms with Crippen LogP contribution in [0.2, 0.25) is 5.02 Å². The molecule has 3 aliphatic rings. The summed E-state index contributed by atoms with van der Waals surface area (Å²) in [5, 5.41) is 5.77. The van der Waals surface area contributed by atoms with Gasteiger partial charge in [-0.1, -0.05) is 35.9 Å². The second kappa shape index (κ2) is 7.46. The van der Waals surface area contributed by atoms with Gasteiger partial charge in [0.15, 0.2) is 11.5 Å². The van der Waals surface area contributed by atoms with E-state index in [1.54, 1.807) is 12.1 Å². The summed E-state index contributed by atoms with van der Waals surface area (Å²) < 4.78 is 11.0. The van der Waals surface area contributed by atoms with Gasteiger partial charge in [-0.2, -0.15) is 0 Å². The molecule has 1 aliphatic carbocycles. The highest BCUT2D eigenvalue weighted by molar-refractivity contribution is 6.34. The number of benzene rings is 2. The number of fused-ring (bicyclic) bond motifs is 3. The fourth-order valence-corrected chi connectivity index (χ4v) is 4.65. The Labute approximate surface area is 183 Å². The molecule has 8 nitrogen and oxygen atoms in total. The molecule has 2 N–H and O–H groups in total. The summed E-state index contributed by atoms with van der Waals surface area (Å²) in [6.45, 7) is 0.402. The van der Waals surface area contributed by atoms with Crippen LogP contribution < -0.4 is 20.1 Å². The van der Waals surface area contributed by atoms with Gasteiger partial charge in [0, 0.05) is 12.1 Å². The number of amides is 4. The zero-order valence-corrected chi connectivity index (χ0v) is 17.3. The van der Waals surface area contributed by atoms with Crippen LogP contribution in [0.25, 0.3) is 0 Å². The summed E-state index contributed by atoms with van der Waals surface area (Å²) in [6, 6.07) is 10.2. The van der Waals surface area contributed by atoms with Gasteiger partial charge >= 0.3 is 6.03 Å². The zero-order chi connectivity index (χ0) is 21.6. The van der Waals surface area contributed by atoms with Crippen molar-refractivity contribution in [2.75, 3.05) is 25.1 Å². The Hall–Kier alpha value is -3.26. The average molecular weight is 442 g/mol. The molecule has 4 amide bonds. The minimum atomic E-state index is -1.11. The number of carbonyl (C=O) groups excluding carboxylic acids is 3. The summed E-state index contributed by atoms with van der Waals surface area (Å²) >= 11 is 6.24. The number of hydrogen-bond donors (Lipinski definition) is 2. The van der Waals surface area contributed by atoms with E-state index < -0.39 is 29.9 Å². The molecule has 1 fully saturated rings. The maximum atomic E-state index is 13.3. The Balaban J connectivity index is 1.35. The standard InChI is InChI=1S/C22H20ClN3O5/c23-15-10-17-18(31-9-8-30-17)11-16(15)24-19(27)12-26-20(28)22(25-21(26)29)7-3-5-13-4-1-2-6-14(13)22/h1-2,4,6,10-11H,3,5,7-9,12H2,(H,24,27)(H,25,29). The minimum Gasteiger partial charge on any atom is -0.486 e. The van der Waals surface area contributed by atoms with Gasteiger partial charge < -0.3 is 20.1 Å². The van der Waals surface area contributed by atoms with E-state index in [9.17, 15) is 14.4 Å². The van der Waals surface area contributed by atoms with Crippen LogP contribution in [0.15, 0.2) is 36.4 Å². The number of urea groups is 1. The Morgan fingerprint density at radius 2 is 1.90 bits per heavy atom. The first-order valence-corrected chi connectivity index (χ1v) is 10.5. The summed E-state index contributed by atoms with van der Waals surface area (Å²) in [4.78, 5) is 39.6. The molecule has 1 unspecified atom stereocenters. The van der Waals surface area contributed by atoms with Crippen molar-refractivity contribution < 1.29 is 23.9 Å². The lowest BCUT2D eigenvalue weighted by atomic mass is 9.76. The molecule has 2 aliphatic heterocycles. The second-order valence-electron chi connectivity index (χ2n) is 7.76. The van der Waals surface area contributed by atoms with Crippen molar-refractivity contribution in [2.45, 2.75) is 24.8 Å². The molecule has 2 aromatic rings. The van der Waals surface area contributed by atoms with E-state index in [1.165, 1.54) is 0 Å². The molecular weight excluding hydrogens is 422 g/mol. The Morgan fingerprint density at radius 1 is 1.16 bits per heavy atom. The second-order valence-corrected chi connectivity index (χ2v) is 8.17. The van der Waals surface area contributed by atoms with E-state index in [1.807, 2.05) is 24.3 Å². The third-order valence-electron chi connectivity index (χ3n) is 5.86. The predicted octanol–water partition coefficient (Wildman–Crippen LogP) is 2.83. The van der Waals surface area contributed by atoms with E-state index in [-0.39, 0.29) is 5.02 Å². The van der Waals surface area contributed by atoms with Crippen LogP contribution in [0, 0.1) is 0 Å². The molecule has 2 aromatic carbocycles. The maximum absolute atomic E-state index is 13.3. The fourth-order valence-electron chi connectivity index (χ4n) is 4.45. The van der Waals surface area contributed by atoms with Gasteiger partial charge in [-0.3, -0.25) is 14.5 Å². The van der Waals surface area contributed by atoms with Crippen LogP contribution >= 0.6 is 11.6 Å². The van der Waals surface area contributed by atoms with E-state index in [4.69, 9.17) is 21.1 Å². The Bertz CT molecular complexity index is 1100. The highest BCUT2D eigenvalue weighted by Crippen LogP contribution is 2.40. The van der Waals surface area contributed by atoms with Crippen LogP contribution in [0.1, 0.15) is 24.0 Å². The molecular formula is C22H20ClN3O5. The average Bonchev–Trinajstić information content (AvgIpc) is 2.99. The van der Waals surface area contributed by atoms with Crippen molar-refractivity contribution in [1.82, 2.24) is 10.2 Å². The predicted molar refractivity (Wildman–Crippen MR) is 112 cm³/mol. The Kier molecular flexibility index (Phi) is 4.74. The lowest BCUT2D eigenvalue weighted by Crippen LogP contribution is -2.47. The number of halogens is 1. The van der Waals surface area contributed by atoms with Gasteiger partial charge in [-0.25, -0.2) is 4.79 Å². The van der Waals surface area contributed by atoms with Crippen LogP contribution in [0.3, 0.4) is 0 Å². The van der Waals surface area contributed by atoms with E-state index in [2.05, 4.69) is 10.6 Å². The van der Waals surface area contributed by atoms with E-state index in [0.29, 0.717) is 36.8 Å². The number of ether oxygens (including phenoxy) is 2. The maximum Gasteiger partial charge on any atom is 0.325 e. The molecule has 9 heteroatoms. The first kappa shape index (κ1) is 19.7. The quantitative estimate of drug-likeness (QED) is 0.714. The molecule has 1 saturated heterocycles. The van der Waals surface area contributed by atoms with Crippen molar-refractivity contribution >= 4 is 35.1 Å². The molecule has 0 aromatic heterocycles. The smallest absolute Gasteiger partial charge is 0.325 e. The molecule has 5 rings (SSSR count). The van der Waals surface area contributed by atoms with Gasteiger partial charge in [0.1, 0.15) is 25.3 Å². The fraction of sp³-hybridized carbons (Fsp3) is 0.318. The normalized spacial score (nSPS) is 21.6. The Morgan fingerprint density at radius 3 is 2.71 bits per heavy atom. The lowest BCUT2D eigenvalue weighted by Gasteiger charge is -2.33. The highest BCUT2D eigenvalue weighted by Gasteiger charge is 2.54. The summed E-state index contributed by atoms with van der Waals surface area (Å²) in [5.74, 6) is 0.0243. The van der Waals surface area contributed by atoms with Crippen LogP contribution in [0.5, 0.6) is 11.5 Å². The molecule has 2 heterocycles. The van der Waals surface area contributed by atoms with Crippen LogP contribution in [0.4, 0.5) is 10.5 Å². The molecule has 160 valence electrons. The third kappa shape index (κ3) is 3.27. The molecule has 1 atom stereocenters. The van der Waals surface area contributed by atoms with Crippen molar-refractivity contribution in [2.24, 2.45) is 0 Å². The first-order valence-electron chi connectivity index (χ1n) is 10.1. The minimum absolute atomic E-state index is 0.271. The van der Waals surface area contributed by atoms with E-state index in [0.717, 1.165) is 28.9 Å². The van der Waals surface area contributed by atoms with Gasteiger partial charge in [-0.05, 0) is 30.4 Å². The largest absolute Gasteiger partial charge is 0.486 e. The summed E-state index contributed by atoms with van der Waals surface area (Å²) in [5.41, 5.74) is 1.05. The number of hydrogen-bond acceptors (Lipinski definition) is 5. The molecule has 0 saturated carbocycles. The van der Waals surface area contributed by atoms with Crippen molar-refractivity contribution in [3.63, 3.8) is 0 Å². The number of rotatable bonds is 3. The number of anilines is 1. The third-order valence-corrected chi connectivity index (χ3v) is 6.17. The topological polar surface area (TPSA) is 97.0 Å². The van der Waals surface area contributed by atoms with Crippen molar-refractivity contribution in [3.05, 3.63) is 52.5 Å². The summed E-state index contributed by atoms with van der Waals surface area (Å²) in [6.07, 6.45) is 2.13. The number of nitrogens with one attached hydrogen (secondary N) is 2. The number of nitrogens with zero attached hydrogens (tertiary/aromatic N) is 1. The lowest BCUT2D eigenvalue weighted by molar-refractivity contribution is -0.134. The van der Waals surface area contributed by atoms with Crippen LogP contribution in [-0.4, -0.2) is 42.5 Å². The monoisotopic (exact) mass is 441 g/mol. The molecule has 31 heavy (non-hydrogen) atoms. The van der Waals surface area contributed by atoms with Gasteiger partial charge in [0.2, 0.25) is 5.91 Å². The first-order chi connectivity index (χ1) is 15.0. The molecule has 1 spiro atoms. The van der Waals surface area contributed by atoms with E-state index >= 15 is 0 Å². The van der Waals surface area contributed by atoms with Crippen molar-refractivity contribution in [3.8, 4) is 11.5 Å². The van der Waals surface area contributed by atoms with Crippen molar-refractivity contribution in [1.29, 1.82) is 0 Å².